The Hall–Kier alpha value is -2.33. The van der Waals surface area contributed by atoms with E-state index in [1.807, 2.05) is 0 Å². The molecular weight excluding hydrogens is 264 g/mol. The van der Waals surface area contributed by atoms with Crippen molar-refractivity contribution in [2.75, 3.05) is 0 Å². The summed E-state index contributed by atoms with van der Waals surface area (Å²) in [6, 6.07) is 13.4. The SMILES string of the molecule is NN=Cc1cccc(OC(=O)c2ccc(Cl)cc2)c1. The van der Waals surface area contributed by atoms with Crippen LogP contribution in [0.4, 0.5) is 0 Å². The second-order valence-corrected chi connectivity index (χ2v) is 4.18. The van der Waals surface area contributed by atoms with Gasteiger partial charge in [-0.05, 0) is 42.0 Å². The lowest BCUT2D eigenvalue weighted by Gasteiger charge is -2.05. The summed E-state index contributed by atoms with van der Waals surface area (Å²) in [5.41, 5.74) is 1.19. The molecule has 0 amide bonds. The van der Waals surface area contributed by atoms with Gasteiger partial charge in [-0.1, -0.05) is 23.7 Å². The molecule has 0 aromatic heterocycles. The predicted molar refractivity (Wildman–Crippen MR) is 74.6 cm³/mol. The zero-order valence-electron chi connectivity index (χ0n) is 9.92. The van der Waals surface area contributed by atoms with Crippen LogP contribution in [0.2, 0.25) is 5.02 Å². The van der Waals surface area contributed by atoms with Crippen molar-refractivity contribution in [3.63, 3.8) is 0 Å². The molecule has 0 spiro atoms. The maximum atomic E-state index is 11.9. The van der Waals surface area contributed by atoms with Crippen LogP contribution >= 0.6 is 11.6 Å². The number of hydrazone groups is 1. The highest BCUT2D eigenvalue weighted by molar-refractivity contribution is 6.30. The van der Waals surface area contributed by atoms with Gasteiger partial charge in [0.25, 0.3) is 0 Å². The van der Waals surface area contributed by atoms with Crippen LogP contribution in [0, 0.1) is 0 Å². The van der Waals surface area contributed by atoms with Gasteiger partial charge in [-0.2, -0.15) is 5.10 Å². The zero-order chi connectivity index (χ0) is 13.7. The molecule has 0 atom stereocenters. The highest BCUT2D eigenvalue weighted by Gasteiger charge is 2.08. The molecule has 2 aromatic carbocycles. The number of nitrogens with zero attached hydrogens (tertiary/aromatic N) is 1. The fourth-order valence-electron chi connectivity index (χ4n) is 1.50. The van der Waals surface area contributed by atoms with Crippen molar-refractivity contribution in [3.05, 3.63) is 64.7 Å². The molecule has 19 heavy (non-hydrogen) atoms. The number of nitrogens with two attached hydrogens (primary N) is 1. The van der Waals surface area contributed by atoms with Gasteiger partial charge in [-0.25, -0.2) is 4.79 Å². The van der Waals surface area contributed by atoms with E-state index in [0.717, 1.165) is 5.56 Å². The number of esters is 1. The molecule has 0 fully saturated rings. The Kier molecular flexibility index (Phi) is 4.15. The Morgan fingerprint density at radius 1 is 1.21 bits per heavy atom. The van der Waals surface area contributed by atoms with Gasteiger partial charge >= 0.3 is 5.97 Å². The third kappa shape index (κ3) is 3.56. The summed E-state index contributed by atoms with van der Waals surface area (Å²) < 4.78 is 5.24. The van der Waals surface area contributed by atoms with Gasteiger partial charge in [0.05, 0.1) is 11.8 Å². The minimum Gasteiger partial charge on any atom is -0.423 e. The lowest BCUT2D eigenvalue weighted by Crippen LogP contribution is -2.08. The van der Waals surface area contributed by atoms with Crippen molar-refractivity contribution in [2.45, 2.75) is 0 Å². The van der Waals surface area contributed by atoms with Gasteiger partial charge in [0.1, 0.15) is 5.75 Å². The first-order valence-corrected chi connectivity index (χ1v) is 5.88. The Morgan fingerprint density at radius 2 is 1.95 bits per heavy atom. The Morgan fingerprint density at radius 3 is 2.63 bits per heavy atom. The van der Waals surface area contributed by atoms with Gasteiger partial charge in [0.2, 0.25) is 0 Å². The molecule has 0 radical (unpaired) electrons. The monoisotopic (exact) mass is 274 g/mol. The molecule has 2 N–H and O–H groups in total. The van der Waals surface area contributed by atoms with Crippen LogP contribution in [0.3, 0.4) is 0 Å². The fourth-order valence-corrected chi connectivity index (χ4v) is 1.62. The Balaban J connectivity index is 2.14. The Bertz CT molecular complexity index is 609. The van der Waals surface area contributed by atoms with E-state index in [9.17, 15) is 4.79 Å². The molecule has 0 saturated carbocycles. The molecule has 0 bridgehead atoms. The third-order valence-corrected chi connectivity index (χ3v) is 2.62. The highest BCUT2D eigenvalue weighted by Crippen LogP contribution is 2.15. The predicted octanol–water partition coefficient (Wildman–Crippen LogP) is 2.85. The number of hydrogen-bond donors (Lipinski definition) is 1. The van der Waals surface area contributed by atoms with E-state index in [-0.39, 0.29) is 0 Å². The maximum Gasteiger partial charge on any atom is 0.343 e. The van der Waals surface area contributed by atoms with Crippen LogP contribution in [-0.2, 0) is 0 Å². The normalized spacial score (nSPS) is 10.6. The summed E-state index contributed by atoms with van der Waals surface area (Å²) in [6.07, 6.45) is 1.47. The van der Waals surface area contributed by atoms with E-state index < -0.39 is 5.97 Å². The summed E-state index contributed by atoms with van der Waals surface area (Å²) in [6.45, 7) is 0. The van der Waals surface area contributed by atoms with E-state index in [0.29, 0.717) is 16.3 Å². The van der Waals surface area contributed by atoms with Crippen LogP contribution in [0.15, 0.2) is 53.6 Å². The standard InChI is InChI=1S/C14H11ClN2O2/c15-12-6-4-11(5-7-12)14(18)19-13-3-1-2-10(8-13)9-17-16/h1-9H,16H2. The highest BCUT2D eigenvalue weighted by atomic mass is 35.5. The van der Waals surface area contributed by atoms with Gasteiger partial charge in [0, 0.05) is 5.02 Å². The molecular formula is C14H11ClN2O2. The summed E-state index contributed by atoms with van der Waals surface area (Å²) in [4.78, 5) is 11.9. The van der Waals surface area contributed by atoms with Crippen LogP contribution in [-0.4, -0.2) is 12.2 Å². The van der Waals surface area contributed by atoms with Gasteiger partial charge in [0.15, 0.2) is 0 Å². The van der Waals surface area contributed by atoms with Crippen molar-refractivity contribution in [1.29, 1.82) is 0 Å². The zero-order valence-corrected chi connectivity index (χ0v) is 10.7. The number of ether oxygens (including phenoxy) is 1. The number of benzene rings is 2. The molecule has 4 nitrogen and oxygen atoms in total. The van der Waals surface area contributed by atoms with E-state index >= 15 is 0 Å². The van der Waals surface area contributed by atoms with Crippen LogP contribution in [0.5, 0.6) is 5.75 Å². The third-order valence-electron chi connectivity index (χ3n) is 2.37. The number of hydrogen-bond acceptors (Lipinski definition) is 4. The number of halogens is 1. The van der Waals surface area contributed by atoms with Crippen LogP contribution in [0.1, 0.15) is 15.9 Å². The van der Waals surface area contributed by atoms with E-state index in [1.54, 1.807) is 48.5 Å². The first-order chi connectivity index (χ1) is 9.19. The molecule has 2 rings (SSSR count). The number of rotatable bonds is 3. The van der Waals surface area contributed by atoms with Gasteiger partial charge < -0.3 is 10.6 Å². The molecule has 0 aliphatic carbocycles. The van der Waals surface area contributed by atoms with E-state index in [1.165, 1.54) is 6.21 Å². The average Bonchev–Trinajstić information content (AvgIpc) is 2.40. The molecule has 0 aliphatic rings. The molecule has 0 unspecified atom stereocenters. The lowest BCUT2D eigenvalue weighted by atomic mass is 10.2. The Labute approximate surface area is 115 Å². The second-order valence-electron chi connectivity index (χ2n) is 3.75. The van der Waals surface area contributed by atoms with E-state index in [4.69, 9.17) is 22.2 Å². The van der Waals surface area contributed by atoms with Gasteiger partial charge in [-0.3, -0.25) is 0 Å². The molecule has 0 aliphatic heterocycles. The van der Waals surface area contributed by atoms with Gasteiger partial charge in [-0.15, -0.1) is 0 Å². The first-order valence-electron chi connectivity index (χ1n) is 5.50. The fraction of sp³-hybridized carbons (Fsp3) is 0. The summed E-state index contributed by atoms with van der Waals surface area (Å²) >= 11 is 5.75. The van der Waals surface area contributed by atoms with Crippen molar-refractivity contribution < 1.29 is 9.53 Å². The van der Waals surface area contributed by atoms with Crippen molar-refractivity contribution in [3.8, 4) is 5.75 Å². The second kappa shape index (κ2) is 6.02. The smallest absolute Gasteiger partial charge is 0.343 e. The summed E-state index contributed by atoms with van der Waals surface area (Å²) in [5.74, 6) is 5.05. The molecule has 5 heteroatoms. The average molecular weight is 275 g/mol. The topological polar surface area (TPSA) is 64.7 Å². The molecule has 0 heterocycles. The summed E-state index contributed by atoms with van der Waals surface area (Å²) in [7, 11) is 0. The number of carbonyl (C=O) groups is 1. The van der Waals surface area contributed by atoms with Crippen LogP contribution < -0.4 is 10.6 Å². The maximum absolute atomic E-state index is 11.9. The summed E-state index contributed by atoms with van der Waals surface area (Å²) in [5, 5.41) is 3.98. The van der Waals surface area contributed by atoms with Crippen molar-refractivity contribution in [1.82, 2.24) is 0 Å². The molecule has 0 saturated heterocycles. The lowest BCUT2D eigenvalue weighted by molar-refractivity contribution is 0.0735. The van der Waals surface area contributed by atoms with E-state index in [2.05, 4.69) is 5.10 Å². The minimum absolute atomic E-state index is 0.428. The number of carbonyl (C=O) groups excluding carboxylic acids is 1. The molecule has 96 valence electrons. The minimum atomic E-state index is -0.446. The first kappa shape index (κ1) is 13.1. The van der Waals surface area contributed by atoms with Crippen molar-refractivity contribution in [2.24, 2.45) is 10.9 Å². The van der Waals surface area contributed by atoms with Crippen LogP contribution in [0.25, 0.3) is 0 Å². The largest absolute Gasteiger partial charge is 0.423 e. The quantitative estimate of drug-likeness (QED) is 0.308. The molecule has 2 aromatic rings. The van der Waals surface area contributed by atoms with Crippen molar-refractivity contribution >= 4 is 23.8 Å².